The van der Waals surface area contributed by atoms with Gasteiger partial charge in [-0.15, -0.1) is 0 Å². The van der Waals surface area contributed by atoms with Gasteiger partial charge in [0.25, 0.3) is 0 Å². The molecular weight excluding hydrogens is 815 g/mol. The van der Waals surface area contributed by atoms with Gasteiger partial charge in [0.2, 0.25) is 5.91 Å². The van der Waals surface area contributed by atoms with Crippen molar-refractivity contribution in [1.29, 1.82) is 0 Å². The molecule has 0 aromatic carbocycles. The van der Waals surface area contributed by atoms with E-state index in [0.29, 0.717) is 25.9 Å². The fourth-order valence-corrected chi connectivity index (χ4v) is 8.91. The summed E-state index contributed by atoms with van der Waals surface area (Å²) in [6.07, 6.45) is 68.5. The molecule has 0 saturated heterocycles. The van der Waals surface area contributed by atoms with E-state index in [1.165, 1.54) is 193 Å². The Morgan fingerprint density at radius 1 is 0.424 bits per heavy atom. The quantitative estimate of drug-likeness (QED) is 0.0321. The van der Waals surface area contributed by atoms with Crippen LogP contribution in [0.3, 0.4) is 0 Å². The van der Waals surface area contributed by atoms with Crippen molar-refractivity contribution in [3.63, 3.8) is 0 Å². The molecule has 0 saturated carbocycles. The van der Waals surface area contributed by atoms with Gasteiger partial charge in [0.15, 0.2) is 0 Å². The zero-order valence-electron chi connectivity index (χ0n) is 44.2. The number of hydrogen-bond donors (Lipinski definition) is 3. The minimum absolute atomic E-state index is 0.0252. The van der Waals surface area contributed by atoms with Gasteiger partial charge in [-0.1, -0.05) is 256 Å². The lowest BCUT2D eigenvalue weighted by Crippen LogP contribution is -2.45. The van der Waals surface area contributed by atoms with E-state index in [4.69, 9.17) is 4.74 Å². The number of nitrogens with one attached hydrogen (secondary N) is 1. The van der Waals surface area contributed by atoms with Crippen molar-refractivity contribution in [3.05, 3.63) is 36.5 Å². The lowest BCUT2D eigenvalue weighted by Gasteiger charge is -2.22. The first-order valence-electron chi connectivity index (χ1n) is 29.2. The molecule has 6 nitrogen and oxygen atoms in total. The molecule has 0 aliphatic rings. The molecular formula is C60H113NO5. The van der Waals surface area contributed by atoms with Gasteiger partial charge in [0.05, 0.1) is 25.4 Å². The van der Waals surface area contributed by atoms with E-state index in [2.05, 4.69) is 55.6 Å². The first-order chi connectivity index (χ1) is 32.5. The molecule has 0 bridgehead atoms. The van der Waals surface area contributed by atoms with Crippen molar-refractivity contribution in [2.75, 3.05) is 13.2 Å². The Morgan fingerprint density at radius 2 is 0.788 bits per heavy atom. The Hall–Kier alpha value is -1.92. The van der Waals surface area contributed by atoms with Gasteiger partial charge in [-0.05, 0) is 77.0 Å². The molecule has 0 rings (SSSR count). The van der Waals surface area contributed by atoms with Gasteiger partial charge in [-0.25, -0.2) is 0 Å². The maximum Gasteiger partial charge on any atom is 0.305 e. The molecule has 0 aliphatic heterocycles. The molecule has 66 heavy (non-hydrogen) atoms. The molecule has 2 atom stereocenters. The van der Waals surface area contributed by atoms with E-state index in [9.17, 15) is 19.8 Å². The normalized spacial score (nSPS) is 12.8. The third-order valence-electron chi connectivity index (χ3n) is 13.4. The maximum atomic E-state index is 12.5. The molecule has 388 valence electrons. The van der Waals surface area contributed by atoms with Crippen LogP contribution < -0.4 is 5.32 Å². The van der Waals surface area contributed by atoms with E-state index >= 15 is 0 Å². The summed E-state index contributed by atoms with van der Waals surface area (Å²) in [7, 11) is 0. The molecule has 1 amide bonds. The first kappa shape index (κ1) is 64.1. The SMILES string of the molecule is CCC/C=C\C/C=C\CCCCCCCC(=O)OCCCCCC/C=C\CCCCCCCCCC(=O)NC(CO)C(O)CCCCCCCCCCCCCCCCCCCCCCC. The molecule has 3 N–H and O–H groups in total. The number of carbonyl (C=O) groups is 2. The van der Waals surface area contributed by atoms with Crippen LogP contribution in [0.15, 0.2) is 36.5 Å². The molecule has 6 heteroatoms. The van der Waals surface area contributed by atoms with Crippen LogP contribution >= 0.6 is 0 Å². The highest BCUT2D eigenvalue weighted by atomic mass is 16.5. The number of rotatable bonds is 54. The van der Waals surface area contributed by atoms with Crippen molar-refractivity contribution in [1.82, 2.24) is 5.32 Å². The highest BCUT2D eigenvalue weighted by Crippen LogP contribution is 2.17. The first-order valence-corrected chi connectivity index (χ1v) is 29.2. The van der Waals surface area contributed by atoms with Crippen LogP contribution in [0.4, 0.5) is 0 Å². The fraction of sp³-hybridized carbons (Fsp3) is 0.867. The number of aliphatic hydroxyl groups is 2. The zero-order valence-corrected chi connectivity index (χ0v) is 44.2. The lowest BCUT2D eigenvalue weighted by molar-refractivity contribution is -0.143. The second kappa shape index (κ2) is 55.7. The van der Waals surface area contributed by atoms with E-state index in [1.807, 2.05) is 0 Å². The summed E-state index contributed by atoms with van der Waals surface area (Å²) in [5, 5.41) is 23.3. The Kier molecular flexibility index (Phi) is 54.1. The standard InChI is InChI=1S/C60H113NO5/c1-3-5-7-9-11-13-15-17-18-19-20-21-22-23-25-29-32-36-40-44-48-52-58(63)57(56-62)61-59(64)53-49-45-41-37-33-30-26-24-27-31-35-39-43-47-51-55-66-60(65)54-50-46-42-38-34-28-16-14-12-10-8-6-4-2/h8,10,14,16,27,31,57-58,62-63H,3-7,9,11-13,15,17-26,28-30,32-56H2,1-2H3,(H,61,64)/b10-8-,16-14-,31-27-. The molecule has 0 spiro atoms. The van der Waals surface area contributed by atoms with Crippen LogP contribution in [-0.4, -0.2) is 47.4 Å². The van der Waals surface area contributed by atoms with Crippen molar-refractivity contribution in [2.45, 2.75) is 321 Å². The van der Waals surface area contributed by atoms with E-state index < -0.39 is 12.1 Å². The smallest absolute Gasteiger partial charge is 0.305 e. The summed E-state index contributed by atoms with van der Waals surface area (Å²) in [6.45, 7) is 4.86. The topological polar surface area (TPSA) is 95.9 Å². The third-order valence-corrected chi connectivity index (χ3v) is 13.4. The van der Waals surface area contributed by atoms with Gasteiger partial charge in [-0.2, -0.15) is 0 Å². The maximum absolute atomic E-state index is 12.5. The summed E-state index contributed by atoms with van der Waals surface area (Å²) in [5.74, 6) is -0.0739. The van der Waals surface area contributed by atoms with Gasteiger partial charge >= 0.3 is 5.97 Å². The van der Waals surface area contributed by atoms with E-state index in [0.717, 1.165) is 83.5 Å². The molecule has 0 aliphatic carbocycles. The van der Waals surface area contributed by atoms with Crippen LogP contribution in [0.25, 0.3) is 0 Å². The average Bonchev–Trinajstić information content (AvgIpc) is 3.32. The number of carbonyl (C=O) groups excluding carboxylic acids is 2. The third kappa shape index (κ3) is 51.5. The Labute approximate surface area is 411 Å². The van der Waals surface area contributed by atoms with Gasteiger partial charge in [-0.3, -0.25) is 9.59 Å². The van der Waals surface area contributed by atoms with Crippen molar-refractivity contribution in [2.24, 2.45) is 0 Å². The number of allylic oxidation sites excluding steroid dienone is 6. The van der Waals surface area contributed by atoms with Crippen molar-refractivity contribution in [3.8, 4) is 0 Å². The molecule has 0 heterocycles. The van der Waals surface area contributed by atoms with Crippen LogP contribution in [0.5, 0.6) is 0 Å². The molecule has 0 fully saturated rings. The molecule has 0 aromatic rings. The summed E-state index contributed by atoms with van der Waals surface area (Å²) in [5.41, 5.74) is 0. The average molecular weight is 929 g/mol. The monoisotopic (exact) mass is 928 g/mol. The summed E-state index contributed by atoms with van der Waals surface area (Å²) < 4.78 is 5.44. The van der Waals surface area contributed by atoms with Crippen LogP contribution in [0.1, 0.15) is 309 Å². The van der Waals surface area contributed by atoms with Crippen LogP contribution in [0, 0.1) is 0 Å². The molecule has 0 radical (unpaired) electrons. The fourth-order valence-electron chi connectivity index (χ4n) is 8.91. The van der Waals surface area contributed by atoms with E-state index in [1.54, 1.807) is 0 Å². The van der Waals surface area contributed by atoms with Crippen LogP contribution in [0.2, 0.25) is 0 Å². The summed E-state index contributed by atoms with van der Waals surface area (Å²) in [4.78, 5) is 24.5. The predicted molar refractivity (Wildman–Crippen MR) is 287 cm³/mol. The Bertz CT molecular complexity index is 1070. The number of esters is 1. The highest BCUT2D eigenvalue weighted by Gasteiger charge is 2.20. The van der Waals surface area contributed by atoms with E-state index in [-0.39, 0.29) is 18.5 Å². The van der Waals surface area contributed by atoms with Crippen molar-refractivity contribution >= 4 is 11.9 Å². The number of unbranched alkanes of at least 4 members (excludes halogenated alkanes) is 37. The largest absolute Gasteiger partial charge is 0.466 e. The highest BCUT2D eigenvalue weighted by molar-refractivity contribution is 5.76. The molecule has 0 aromatic heterocycles. The predicted octanol–water partition coefficient (Wildman–Crippen LogP) is 18.0. The van der Waals surface area contributed by atoms with Gasteiger partial charge < -0.3 is 20.3 Å². The van der Waals surface area contributed by atoms with Gasteiger partial charge in [0, 0.05) is 12.8 Å². The minimum Gasteiger partial charge on any atom is -0.466 e. The molecule has 2 unspecified atom stereocenters. The van der Waals surface area contributed by atoms with Crippen molar-refractivity contribution < 1.29 is 24.5 Å². The minimum atomic E-state index is -0.676. The van der Waals surface area contributed by atoms with Crippen LogP contribution in [-0.2, 0) is 14.3 Å². The van der Waals surface area contributed by atoms with Gasteiger partial charge in [0.1, 0.15) is 0 Å². The Balaban J connectivity index is 3.48. The lowest BCUT2D eigenvalue weighted by atomic mass is 10.0. The number of amides is 1. The second-order valence-corrected chi connectivity index (χ2v) is 20.0. The summed E-state index contributed by atoms with van der Waals surface area (Å²) >= 11 is 0. The Morgan fingerprint density at radius 3 is 1.23 bits per heavy atom. The number of hydrogen-bond acceptors (Lipinski definition) is 5. The zero-order chi connectivity index (χ0) is 47.9. The number of aliphatic hydroxyl groups excluding tert-OH is 2. The summed E-state index contributed by atoms with van der Waals surface area (Å²) in [6, 6.07) is -0.555. The second-order valence-electron chi connectivity index (χ2n) is 20.0. The number of ether oxygens (including phenoxy) is 1.